The molecule has 0 unspecified atom stereocenters. The molecule has 0 saturated carbocycles. The molecule has 0 fully saturated rings. The Bertz CT molecular complexity index is 620. The molecule has 0 aliphatic carbocycles. The molecule has 0 amide bonds. The van der Waals surface area contributed by atoms with Gasteiger partial charge >= 0.3 is 0 Å². The predicted molar refractivity (Wildman–Crippen MR) is 78.9 cm³/mol. The Morgan fingerprint density at radius 2 is 1.74 bits per heavy atom. The van der Waals surface area contributed by atoms with Crippen molar-refractivity contribution in [1.29, 1.82) is 0 Å². The van der Waals surface area contributed by atoms with Gasteiger partial charge in [0.1, 0.15) is 21.9 Å². The van der Waals surface area contributed by atoms with Crippen molar-refractivity contribution in [3.63, 3.8) is 0 Å². The third kappa shape index (κ3) is 2.34. The summed E-state index contributed by atoms with van der Waals surface area (Å²) in [7, 11) is 5.32. The number of aromatic nitrogens is 2. The smallest absolute Gasteiger partial charge is 0.132 e. The van der Waals surface area contributed by atoms with Gasteiger partial charge in [-0.1, -0.05) is 0 Å². The van der Waals surface area contributed by atoms with Crippen molar-refractivity contribution in [2.45, 2.75) is 13.8 Å². The lowest BCUT2D eigenvalue weighted by molar-refractivity contribution is 0.401. The zero-order valence-electron chi connectivity index (χ0n) is 11.7. The fraction of sp³-hybridized carbons (Fsp3) is 0.357. The third-order valence-electron chi connectivity index (χ3n) is 3.25. The maximum atomic E-state index is 5.48. The molecule has 1 heterocycles. The molecule has 5 heteroatoms. The number of ether oxygens (including phenoxy) is 2. The maximum Gasteiger partial charge on any atom is 0.132 e. The van der Waals surface area contributed by atoms with Gasteiger partial charge in [-0.25, -0.2) is 4.98 Å². The van der Waals surface area contributed by atoms with E-state index in [0.717, 1.165) is 38.7 Å². The minimum absolute atomic E-state index is 0.803. The van der Waals surface area contributed by atoms with Gasteiger partial charge in [0, 0.05) is 12.6 Å². The van der Waals surface area contributed by atoms with E-state index in [-0.39, 0.29) is 0 Å². The molecule has 0 bridgehead atoms. The fourth-order valence-corrected chi connectivity index (χ4v) is 2.83. The van der Waals surface area contributed by atoms with Gasteiger partial charge in [0.05, 0.1) is 19.9 Å². The number of methoxy groups -OCH3 is 2. The van der Waals surface area contributed by atoms with Crippen LogP contribution >= 0.6 is 15.9 Å². The quantitative estimate of drug-likeness (QED) is 0.867. The first-order valence-electron chi connectivity index (χ1n) is 5.91. The Balaban J connectivity index is 2.73. The van der Waals surface area contributed by atoms with Gasteiger partial charge < -0.3 is 14.0 Å². The second-order valence-corrected chi connectivity index (χ2v) is 5.13. The van der Waals surface area contributed by atoms with E-state index in [1.165, 1.54) is 0 Å². The highest BCUT2D eigenvalue weighted by Gasteiger charge is 2.18. The molecule has 0 radical (unpaired) electrons. The molecule has 0 N–H and O–H groups in total. The summed E-state index contributed by atoms with van der Waals surface area (Å²) >= 11 is 3.50. The van der Waals surface area contributed by atoms with Crippen molar-refractivity contribution in [2.24, 2.45) is 7.05 Å². The SMILES string of the molecule is COc1cc(-c2c(Br)nc(C)n2C)c(OC)cc1C. The molecule has 2 aromatic rings. The van der Waals surface area contributed by atoms with Crippen LogP contribution in [0.4, 0.5) is 0 Å². The molecular weight excluding hydrogens is 308 g/mol. The number of benzene rings is 1. The van der Waals surface area contributed by atoms with Crippen LogP contribution in [0.15, 0.2) is 16.7 Å². The lowest BCUT2D eigenvalue weighted by Gasteiger charge is -2.14. The van der Waals surface area contributed by atoms with Gasteiger partial charge in [-0.2, -0.15) is 0 Å². The summed E-state index contributed by atoms with van der Waals surface area (Å²) in [6, 6.07) is 3.96. The van der Waals surface area contributed by atoms with E-state index in [1.807, 2.05) is 37.6 Å². The van der Waals surface area contributed by atoms with Crippen LogP contribution in [0.2, 0.25) is 0 Å². The van der Waals surface area contributed by atoms with Crippen molar-refractivity contribution >= 4 is 15.9 Å². The van der Waals surface area contributed by atoms with Crippen LogP contribution in [0.3, 0.4) is 0 Å². The monoisotopic (exact) mass is 324 g/mol. The van der Waals surface area contributed by atoms with Crippen LogP contribution < -0.4 is 9.47 Å². The van der Waals surface area contributed by atoms with Crippen LogP contribution in [0.1, 0.15) is 11.4 Å². The molecule has 0 atom stereocenters. The number of halogens is 1. The second kappa shape index (κ2) is 5.25. The molecule has 0 saturated heterocycles. The molecule has 102 valence electrons. The van der Waals surface area contributed by atoms with E-state index in [9.17, 15) is 0 Å². The van der Waals surface area contributed by atoms with Crippen molar-refractivity contribution in [1.82, 2.24) is 9.55 Å². The standard InChI is InChI=1S/C14H17BrN2O2/c1-8-6-12(19-5)10(7-11(8)18-4)13-14(15)16-9(2)17(13)3/h6-7H,1-5H3. The van der Waals surface area contributed by atoms with Crippen LogP contribution in [-0.2, 0) is 7.05 Å². The van der Waals surface area contributed by atoms with E-state index in [4.69, 9.17) is 9.47 Å². The fourth-order valence-electron chi connectivity index (χ4n) is 2.10. The lowest BCUT2D eigenvalue weighted by atomic mass is 10.1. The molecule has 0 spiro atoms. The van der Waals surface area contributed by atoms with E-state index in [2.05, 4.69) is 20.9 Å². The summed E-state index contributed by atoms with van der Waals surface area (Å²) in [5, 5.41) is 0. The van der Waals surface area contributed by atoms with Gasteiger partial charge in [-0.05, 0) is 47.5 Å². The Kier molecular flexibility index (Phi) is 3.85. The first-order chi connectivity index (χ1) is 8.99. The second-order valence-electron chi connectivity index (χ2n) is 4.38. The first kappa shape index (κ1) is 13.9. The minimum Gasteiger partial charge on any atom is -0.496 e. The average Bonchev–Trinajstić information content (AvgIpc) is 2.63. The normalized spacial score (nSPS) is 10.6. The van der Waals surface area contributed by atoms with Gasteiger partial charge in [0.25, 0.3) is 0 Å². The summed E-state index contributed by atoms with van der Waals surface area (Å²) in [4.78, 5) is 4.42. The average molecular weight is 325 g/mol. The summed E-state index contributed by atoms with van der Waals surface area (Å²) in [5.74, 6) is 2.58. The topological polar surface area (TPSA) is 36.3 Å². The summed E-state index contributed by atoms with van der Waals surface area (Å²) in [6.07, 6.45) is 0. The molecule has 2 rings (SSSR count). The number of hydrogen-bond donors (Lipinski definition) is 0. The number of aryl methyl sites for hydroxylation is 2. The summed E-state index contributed by atoms with van der Waals surface area (Å²) < 4.78 is 13.7. The summed E-state index contributed by atoms with van der Waals surface area (Å²) in [5.41, 5.74) is 2.98. The van der Waals surface area contributed by atoms with Crippen molar-refractivity contribution in [3.05, 3.63) is 28.1 Å². The van der Waals surface area contributed by atoms with Crippen LogP contribution in [0, 0.1) is 13.8 Å². The van der Waals surface area contributed by atoms with Crippen molar-refractivity contribution < 1.29 is 9.47 Å². The maximum absolute atomic E-state index is 5.48. The summed E-state index contributed by atoms with van der Waals surface area (Å²) in [6.45, 7) is 3.96. The molecule has 4 nitrogen and oxygen atoms in total. The van der Waals surface area contributed by atoms with Crippen LogP contribution in [0.25, 0.3) is 11.3 Å². The molecule has 0 aliphatic rings. The number of rotatable bonds is 3. The lowest BCUT2D eigenvalue weighted by Crippen LogP contribution is -1.98. The largest absolute Gasteiger partial charge is 0.496 e. The van der Waals surface area contributed by atoms with Gasteiger partial charge in [-0.3, -0.25) is 0 Å². The van der Waals surface area contributed by atoms with Crippen molar-refractivity contribution in [2.75, 3.05) is 14.2 Å². The number of hydrogen-bond acceptors (Lipinski definition) is 3. The van der Waals surface area contributed by atoms with Gasteiger partial charge in [0.2, 0.25) is 0 Å². The highest BCUT2D eigenvalue weighted by atomic mass is 79.9. The van der Waals surface area contributed by atoms with Crippen LogP contribution in [0.5, 0.6) is 11.5 Å². The zero-order valence-corrected chi connectivity index (χ0v) is 13.3. The number of imidazole rings is 1. The van der Waals surface area contributed by atoms with Gasteiger partial charge in [-0.15, -0.1) is 0 Å². The molecular formula is C14H17BrN2O2. The highest BCUT2D eigenvalue weighted by Crippen LogP contribution is 2.39. The Hall–Kier alpha value is -1.49. The Morgan fingerprint density at radius 3 is 2.21 bits per heavy atom. The first-order valence-corrected chi connectivity index (χ1v) is 6.70. The molecule has 1 aromatic carbocycles. The van der Waals surface area contributed by atoms with E-state index in [0.29, 0.717) is 0 Å². The molecule has 1 aromatic heterocycles. The molecule has 0 aliphatic heterocycles. The van der Waals surface area contributed by atoms with Crippen molar-refractivity contribution in [3.8, 4) is 22.8 Å². The Labute approximate surface area is 121 Å². The predicted octanol–water partition coefficient (Wildman–Crippen LogP) is 3.48. The van der Waals surface area contributed by atoms with Gasteiger partial charge in [0.15, 0.2) is 0 Å². The van der Waals surface area contributed by atoms with E-state index in [1.54, 1.807) is 14.2 Å². The number of nitrogens with zero attached hydrogens (tertiary/aromatic N) is 2. The van der Waals surface area contributed by atoms with E-state index < -0.39 is 0 Å². The van der Waals surface area contributed by atoms with E-state index >= 15 is 0 Å². The third-order valence-corrected chi connectivity index (χ3v) is 3.80. The minimum atomic E-state index is 0.803. The zero-order chi connectivity index (χ0) is 14.2. The van der Waals surface area contributed by atoms with Crippen LogP contribution in [-0.4, -0.2) is 23.8 Å². The highest BCUT2D eigenvalue weighted by molar-refractivity contribution is 9.10. The molecule has 19 heavy (non-hydrogen) atoms. The Morgan fingerprint density at radius 1 is 1.11 bits per heavy atom.